The summed E-state index contributed by atoms with van der Waals surface area (Å²) < 4.78 is 12.0. The predicted octanol–water partition coefficient (Wildman–Crippen LogP) is 11.1. The highest BCUT2D eigenvalue weighted by Crippen LogP contribution is 2.43. The molecule has 1 amide bonds. The standard InChI is InChI=1S/C29H35Cl2N3O.C14H16N2O3/c1-16(2)34-20(6)23(10-9-13-35-22-14-17(3)28(31)18(4)15-22)24-11-12-25(30)27(29(24)34)26-19(5)32-33(8)21(26)7;1-8(2)9-4-10-6-12(14(18)19)16(3)13(10)11(5-9)15-7-17/h11-12,14-16H,9-10,13H2,1-8H3;4-8H,1-3H3,(H,15,17)(H,18,19). The third-order valence-corrected chi connectivity index (χ3v) is 11.2. The van der Waals surface area contributed by atoms with E-state index in [9.17, 15) is 9.59 Å². The lowest BCUT2D eigenvalue weighted by molar-refractivity contribution is -0.105. The molecule has 0 saturated heterocycles. The van der Waals surface area contributed by atoms with Gasteiger partial charge in [0.15, 0.2) is 0 Å². The number of aryl methyl sites for hydroxylation is 6. The number of aromatic nitrogens is 4. The number of halogens is 2. The molecule has 0 spiro atoms. The van der Waals surface area contributed by atoms with Crippen molar-refractivity contribution >= 4 is 63.1 Å². The smallest absolute Gasteiger partial charge is 0.352 e. The number of nitrogens with one attached hydrogen (secondary N) is 1. The first-order chi connectivity index (χ1) is 25.5. The fourth-order valence-corrected chi connectivity index (χ4v) is 7.93. The summed E-state index contributed by atoms with van der Waals surface area (Å²) in [5.74, 6) is 0.189. The molecule has 2 N–H and O–H groups in total. The van der Waals surface area contributed by atoms with E-state index in [-0.39, 0.29) is 5.69 Å². The average molecular weight is 773 g/mol. The largest absolute Gasteiger partial charge is 0.494 e. The summed E-state index contributed by atoms with van der Waals surface area (Å²) in [7, 11) is 3.67. The van der Waals surface area contributed by atoms with Gasteiger partial charge in [0, 0.05) is 58.4 Å². The van der Waals surface area contributed by atoms with Crippen LogP contribution in [0.1, 0.15) is 95.9 Å². The molecule has 6 aromatic rings. The molecular formula is C43H51Cl2N5O4. The number of aromatic carboxylic acids is 1. The van der Waals surface area contributed by atoms with E-state index in [0.717, 1.165) is 73.2 Å². The minimum absolute atomic E-state index is 0.199. The first-order valence-corrected chi connectivity index (χ1v) is 19.0. The second-order valence-corrected chi connectivity index (χ2v) is 15.4. The number of rotatable bonds is 11. The maximum absolute atomic E-state index is 11.2. The Bertz CT molecular complexity index is 2360. The number of fused-ring (bicyclic) bond motifs is 2. The van der Waals surface area contributed by atoms with Crippen molar-refractivity contribution < 1.29 is 19.4 Å². The molecule has 0 fully saturated rings. The molecule has 286 valence electrons. The van der Waals surface area contributed by atoms with Crippen LogP contribution in [0.4, 0.5) is 5.69 Å². The summed E-state index contributed by atoms with van der Waals surface area (Å²) in [5, 5.41) is 20.1. The van der Waals surface area contributed by atoms with Crippen LogP contribution < -0.4 is 10.1 Å². The van der Waals surface area contributed by atoms with Crippen molar-refractivity contribution in [1.82, 2.24) is 18.9 Å². The van der Waals surface area contributed by atoms with Crippen molar-refractivity contribution in [3.05, 3.63) is 97.5 Å². The minimum atomic E-state index is -0.984. The van der Waals surface area contributed by atoms with Gasteiger partial charge in [-0.1, -0.05) is 43.1 Å². The second kappa shape index (κ2) is 16.3. The van der Waals surface area contributed by atoms with Gasteiger partial charge in [0.1, 0.15) is 11.4 Å². The number of carbonyl (C=O) groups excluding carboxylic acids is 1. The Kier molecular flexibility index (Phi) is 12.2. The van der Waals surface area contributed by atoms with E-state index in [1.54, 1.807) is 17.7 Å². The maximum atomic E-state index is 11.2. The Hall–Kier alpha value is -4.73. The molecule has 0 bridgehead atoms. The molecule has 0 aliphatic heterocycles. The second-order valence-electron chi connectivity index (χ2n) is 14.7. The van der Waals surface area contributed by atoms with Crippen LogP contribution in [0.2, 0.25) is 10.0 Å². The lowest BCUT2D eigenvalue weighted by Gasteiger charge is -2.16. The zero-order chi connectivity index (χ0) is 39.8. The van der Waals surface area contributed by atoms with Crippen LogP contribution in [0.15, 0.2) is 42.5 Å². The summed E-state index contributed by atoms with van der Waals surface area (Å²) in [6.45, 7) is 19.6. The summed E-state index contributed by atoms with van der Waals surface area (Å²) in [6.07, 6.45) is 2.45. The third-order valence-electron chi connectivity index (χ3n) is 10.3. The lowest BCUT2D eigenvalue weighted by atomic mass is 9.98. The first-order valence-electron chi connectivity index (χ1n) is 18.3. The van der Waals surface area contributed by atoms with Crippen molar-refractivity contribution in [2.24, 2.45) is 14.1 Å². The molecule has 0 aliphatic rings. The van der Waals surface area contributed by atoms with Gasteiger partial charge >= 0.3 is 5.97 Å². The molecule has 54 heavy (non-hydrogen) atoms. The Labute approximate surface area is 327 Å². The van der Waals surface area contributed by atoms with E-state index < -0.39 is 5.97 Å². The van der Waals surface area contributed by atoms with Crippen molar-refractivity contribution in [2.75, 3.05) is 11.9 Å². The quantitative estimate of drug-likeness (QED) is 0.101. The van der Waals surface area contributed by atoms with E-state index in [1.807, 2.05) is 69.8 Å². The summed E-state index contributed by atoms with van der Waals surface area (Å²) in [6, 6.07) is 14.0. The van der Waals surface area contributed by atoms with Gasteiger partial charge in [0.05, 0.1) is 34.0 Å². The number of benzene rings is 3. The van der Waals surface area contributed by atoms with E-state index in [0.29, 0.717) is 36.2 Å². The van der Waals surface area contributed by atoms with E-state index in [1.165, 1.54) is 22.2 Å². The van der Waals surface area contributed by atoms with Gasteiger partial charge in [-0.15, -0.1) is 0 Å². The van der Waals surface area contributed by atoms with Gasteiger partial charge in [-0.2, -0.15) is 5.10 Å². The zero-order valence-electron chi connectivity index (χ0n) is 33.1. The fraction of sp³-hybridized carbons (Fsp3) is 0.372. The lowest BCUT2D eigenvalue weighted by Crippen LogP contribution is -2.05. The van der Waals surface area contributed by atoms with Gasteiger partial charge in [0.25, 0.3) is 0 Å². The molecule has 0 atom stereocenters. The summed E-state index contributed by atoms with van der Waals surface area (Å²) in [5.41, 5.74) is 12.9. The number of carboxylic acid groups (broad SMARTS) is 1. The number of nitrogens with zero attached hydrogens (tertiary/aromatic N) is 4. The van der Waals surface area contributed by atoms with E-state index in [4.69, 9.17) is 33.0 Å². The van der Waals surface area contributed by atoms with E-state index >= 15 is 0 Å². The van der Waals surface area contributed by atoms with Gasteiger partial charge in [-0.05, 0) is 126 Å². The van der Waals surface area contributed by atoms with Gasteiger partial charge in [-0.25, -0.2) is 4.79 Å². The topological polar surface area (TPSA) is 103 Å². The highest BCUT2D eigenvalue weighted by atomic mass is 35.5. The normalized spacial score (nSPS) is 11.5. The maximum Gasteiger partial charge on any atom is 0.352 e. The van der Waals surface area contributed by atoms with Crippen LogP contribution in [-0.4, -0.2) is 43.0 Å². The molecule has 6 rings (SSSR count). The number of carboxylic acids is 1. The van der Waals surface area contributed by atoms with Crippen molar-refractivity contribution in [3.8, 4) is 16.9 Å². The number of ether oxygens (including phenoxy) is 1. The Balaban J connectivity index is 0.000000249. The molecule has 0 unspecified atom stereocenters. The fourth-order valence-electron chi connectivity index (χ4n) is 7.57. The molecule has 0 radical (unpaired) electrons. The SMILES string of the molecule is CC(C)c1cc(NC=O)c2c(c1)cc(C(=O)O)n2C.Cc1cc(OCCCc2c(C)n(C(C)C)c3c(-c4c(C)nn(C)c4C)c(Cl)ccc23)cc(C)c1Cl. The molecule has 11 heteroatoms. The number of carbonyl (C=O) groups is 2. The molecule has 9 nitrogen and oxygen atoms in total. The molecule has 3 aromatic heterocycles. The van der Waals surface area contributed by atoms with Crippen LogP contribution in [0.5, 0.6) is 5.75 Å². The third kappa shape index (κ3) is 7.75. The van der Waals surface area contributed by atoms with Crippen LogP contribution in [0.25, 0.3) is 32.9 Å². The molecular weight excluding hydrogens is 721 g/mol. The molecule has 3 aromatic carbocycles. The number of amides is 1. The van der Waals surface area contributed by atoms with Crippen LogP contribution in [-0.2, 0) is 25.3 Å². The monoisotopic (exact) mass is 771 g/mol. The molecule has 3 heterocycles. The van der Waals surface area contributed by atoms with Gasteiger partial charge < -0.3 is 24.3 Å². The van der Waals surface area contributed by atoms with Crippen LogP contribution in [0.3, 0.4) is 0 Å². The summed E-state index contributed by atoms with van der Waals surface area (Å²) >= 11 is 13.2. The number of anilines is 1. The zero-order valence-corrected chi connectivity index (χ0v) is 34.6. The van der Waals surface area contributed by atoms with Crippen molar-refractivity contribution in [1.29, 1.82) is 0 Å². The van der Waals surface area contributed by atoms with Gasteiger partial charge in [-0.3, -0.25) is 9.48 Å². The van der Waals surface area contributed by atoms with Crippen molar-refractivity contribution in [2.45, 2.75) is 87.1 Å². The Morgan fingerprint density at radius 1 is 0.926 bits per heavy atom. The Morgan fingerprint density at radius 2 is 1.59 bits per heavy atom. The number of hydrogen-bond donors (Lipinski definition) is 2. The number of hydrogen-bond acceptors (Lipinski definition) is 4. The van der Waals surface area contributed by atoms with E-state index in [2.05, 4.69) is 55.7 Å². The summed E-state index contributed by atoms with van der Waals surface area (Å²) in [4.78, 5) is 21.9. The van der Waals surface area contributed by atoms with Crippen LogP contribution >= 0.6 is 23.2 Å². The van der Waals surface area contributed by atoms with Crippen molar-refractivity contribution in [3.63, 3.8) is 0 Å². The molecule has 0 aliphatic carbocycles. The molecule has 0 saturated carbocycles. The first kappa shape index (κ1) is 40.5. The Morgan fingerprint density at radius 3 is 2.15 bits per heavy atom. The minimum Gasteiger partial charge on any atom is -0.494 e. The van der Waals surface area contributed by atoms with Gasteiger partial charge in [0.2, 0.25) is 6.41 Å². The highest BCUT2D eigenvalue weighted by molar-refractivity contribution is 6.35. The predicted molar refractivity (Wildman–Crippen MR) is 222 cm³/mol. The van der Waals surface area contributed by atoms with Crippen LogP contribution in [0, 0.1) is 34.6 Å². The average Bonchev–Trinajstić information content (AvgIpc) is 3.68. The highest BCUT2D eigenvalue weighted by Gasteiger charge is 2.24.